The number of amides is 3. The van der Waals surface area contributed by atoms with Crippen LogP contribution in [0.2, 0.25) is 0 Å². The number of likely N-dealkylation sites (tertiary alicyclic amines) is 1. The average molecular weight is 496 g/mol. The Morgan fingerprint density at radius 3 is 2.43 bits per heavy atom. The minimum Gasteiger partial charge on any atom is -0.351 e. The molecule has 3 aromatic carbocycles. The number of benzene rings is 3. The van der Waals surface area contributed by atoms with Crippen LogP contribution in [-0.4, -0.2) is 45.9 Å². The van der Waals surface area contributed by atoms with Crippen molar-refractivity contribution in [3.63, 3.8) is 0 Å². The van der Waals surface area contributed by atoms with Gasteiger partial charge in [0.1, 0.15) is 0 Å². The van der Waals surface area contributed by atoms with Crippen molar-refractivity contribution in [2.24, 2.45) is 11.5 Å². The Morgan fingerprint density at radius 1 is 0.919 bits per heavy atom. The highest BCUT2D eigenvalue weighted by molar-refractivity contribution is 6.05. The van der Waals surface area contributed by atoms with Crippen LogP contribution in [0.4, 0.5) is 15.3 Å². The van der Waals surface area contributed by atoms with Crippen LogP contribution in [0.5, 0.6) is 0 Å². The van der Waals surface area contributed by atoms with Crippen molar-refractivity contribution in [3.8, 4) is 11.1 Å². The van der Waals surface area contributed by atoms with Gasteiger partial charge in [-0.1, -0.05) is 72.8 Å². The average Bonchev–Trinajstić information content (AvgIpc) is 3.49. The minimum absolute atomic E-state index is 0.0206. The largest absolute Gasteiger partial charge is 0.351 e. The standard InChI is InChI=1S/C29H29N5O3/c30-22-16-26(27(35)14-13-19-7-6-10-21(15-19)20-8-2-1-3-9-20)34(17-22)29(37)32-24-18-33(28(31)36)25-12-5-4-11-23(24)25/h1-12,15,18,22,26H,13-14,16-17,30H2,(H2,31,36)(H,32,37)/t22-,26-/m0/s1. The number of para-hydroxylation sites is 1. The number of urea groups is 1. The predicted octanol–water partition coefficient (Wildman–Crippen LogP) is 4.37. The number of fused-ring (bicyclic) bond motifs is 1. The number of rotatable bonds is 6. The van der Waals surface area contributed by atoms with Crippen molar-refractivity contribution in [2.45, 2.75) is 31.3 Å². The lowest BCUT2D eigenvalue weighted by molar-refractivity contribution is -0.122. The van der Waals surface area contributed by atoms with Crippen LogP contribution in [0.15, 0.2) is 85.1 Å². The maximum Gasteiger partial charge on any atom is 0.323 e. The molecule has 1 aliphatic heterocycles. The molecule has 188 valence electrons. The second-order valence-corrected chi connectivity index (χ2v) is 9.39. The zero-order valence-corrected chi connectivity index (χ0v) is 20.3. The summed E-state index contributed by atoms with van der Waals surface area (Å²) in [6, 6.07) is 23.4. The number of Topliss-reactive ketones (excluding diaryl/α,β-unsaturated/α-hetero) is 1. The van der Waals surface area contributed by atoms with Crippen molar-refractivity contribution in [3.05, 3.63) is 90.6 Å². The lowest BCUT2D eigenvalue weighted by Crippen LogP contribution is -2.43. The third kappa shape index (κ3) is 5.10. The number of carbonyl (C=O) groups is 3. The lowest BCUT2D eigenvalue weighted by atomic mass is 9.98. The summed E-state index contributed by atoms with van der Waals surface area (Å²) in [6.07, 6.45) is 2.80. The molecule has 0 radical (unpaired) electrons. The Kier molecular flexibility index (Phi) is 6.74. The fourth-order valence-electron chi connectivity index (χ4n) is 5.02. The number of nitrogens with two attached hydrogens (primary N) is 2. The summed E-state index contributed by atoms with van der Waals surface area (Å²) < 4.78 is 1.28. The van der Waals surface area contributed by atoms with E-state index in [0.29, 0.717) is 35.9 Å². The first-order chi connectivity index (χ1) is 17.9. The molecular formula is C29H29N5O3. The van der Waals surface area contributed by atoms with Gasteiger partial charge in [-0.25, -0.2) is 9.59 Å². The molecule has 2 heterocycles. The molecule has 0 aliphatic carbocycles. The monoisotopic (exact) mass is 495 g/mol. The van der Waals surface area contributed by atoms with Crippen molar-refractivity contribution in [1.82, 2.24) is 9.47 Å². The third-order valence-corrected chi connectivity index (χ3v) is 6.85. The van der Waals surface area contributed by atoms with E-state index < -0.39 is 18.1 Å². The third-order valence-electron chi connectivity index (χ3n) is 6.85. The Labute approximate surface area is 214 Å². The van der Waals surface area contributed by atoms with E-state index in [1.807, 2.05) is 36.4 Å². The molecule has 8 heteroatoms. The van der Waals surface area contributed by atoms with E-state index >= 15 is 0 Å². The molecule has 8 nitrogen and oxygen atoms in total. The number of anilines is 1. The van der Waals surface area contributed by atoms with Crippen LogP contribution in [0.1, 0.15) is 18.4 Å². The molecule has 1 aliphatic rings. The van der Waals surface area contributed by atoms with Gasteiger partial charge in [0.15, 0.2) is 5.78 Å². The molecule has 1 aromatic heterocycles. The topological polar surface area (TPSA) is 123 Å². The normalized spacial score (nSPS) is 17.2. The fraction of sp³-hybridized carbons (Fsp3) is 0.207. The first-order valence-corrected chi connectivity index (χ1v) is 12.3. The van der Waals surface area contributed by atoms with E-state index in [9.17, 15) is 14.4 Å². The number of nitrogens with one attached hydrogen (secondary N) is 1. The molecule has 1 saturated heterocycles. The van der Waals surface area contributed by atoms with E-state index in [2.05, 4.69) is 29.6 Å². The highest BCUT2D eigenvalue weighted by Gasteiger charge is 2.38. The van der Waals surface area contributed by atoms with E-state index in [4.69, 9.17) is 11.5 Å². The molecule has 1 fully saturated rings. The molecule has 2 atom stereocenters. The number of aromatic nitrogens is 1. The van der Waals surface area contributed by atoms with Gasteiger partial charge >= 0.3 is 12.1 Å². The van der Waals surface area contributed by atoms with Gasteiger partial charge in [-0.15, -0.1) is 0 Å². The molecule has 0 unspecified atom stereocenters. The van der Waals surface area contributed by atoms with Gasteiger partial charge in [0.25, 0.3) is 0 Å². The van der Waals surface area contributed by atoms with Gasteiger partial charge in [0, 0.05) is 30.6 Å². The SMILES string of the molecule is NC(=O)n1cc(NC(=O)N2C[C@@H](N)C[C@H]2C(=O)CCc2cccc(-c3ccccc3)c2)c2ccccc21. The maximum atomic E-state index is 13.3. The van der Waals surface area contributed by atoms with Crippen molar-refractivity contribution < 1.29 is 14.4 Å². The van der Waals surface area contributed by atoms with Crippen molar-refractivity contribution in [2.75, 3.05) is 11.9 Å². The van der Waals surface area contributed by atoms with Gasteiger partial charge in [-0.2, -0.15) is 0 Å². The zero-order valence-electron chi connectivity index (χ0n) is 20.3. The summed E-state index contributed by atoms with van der Waals surface area (Å²) in [6.45, 7) is 0.278. The number of ketones is 1. The van der Waals surface area contributed by atoms with E-state index in [1.165, 1.54) is 15.7 Å². The number of carbonyl (C=O) groups excluding carboxylic acids is 3. The molecule has 0 bridgehead atoms. The first-order valence-electron chi connectivity index (χ1n) is 12.3. The Bertz CT molecular complexity index is 1460. The molecular weight excluding hydrogens is 466 g/mol. The second kappa shape index (κ2) is 10.3. The molecule has 37 heavy (non-hydrogen) atoms. The van der Waals surface area contributed by atoms with Gasteiger partial charge < -0.3 is 21.7 Å². The minimum atomic E-state index is -0.649. The molecule has 5 rings (SSSR count). The van der Waals surface area contributed by atoms with Crippen LogP contribution < -0.4 is 16.8 Å². The molecule has 4 aromatic rings. The fourth-order valence-corrected chi connectivity index (χ4v) is 5.02. The molecule has 5 N–H and O–H groups in total. The number of nitrogens with zero attached hydrogens (tertiary/aromatic N) is 2. The highest BCUT2D eigenvalue weighted by Crippen LogP contribution is 2.28. The highest BCUT2D eigenvalue weighted by atomic mass is 16.2. The van der Waals surface area contributed by atoms with Crippen molar-refractivity contribution in [1.29, 1.82) is 0 Å². The number of primary amides is 1. The molecule has 0 saturated carbocycles. The van der Waals surface area contributed by atoms with Crippen LogP contribution in [0.3, 0.4) is 0 Å². The van der Waals surface area contributed by atoms with Gasteiger partial charge in [-0.05, 0) is 35.6 Å². The number of aryl methyl sites for hydroxylation is 1. The summed E-state index contributed by atoms with van der Waals surface area (Å²) in [5.41, 5.74) is 16.0. The Morgan fingerprint density at radius 2 is 1.65 bits per heavy atom. The molecule has 3 amide bonds. The summed E-state index contributed by atoms with van der Waals surface area (Å²) in [5, 5.41) is 3.54. The summed E-state index contributed by atoms with van der Waals surface area (Å²) in [5.74, 6) is -0.0206. The Hall–Kier alpha value is -4.43. The van der Waals surface area contributed by atoms with Crippen LogP contribution in [0, 0.1) is 0 Å². The van der Waals surface area contributed by atoms with Crippen LogP contribution in [-0.2, 0) is 11.2 Å². The maximum absolute atomic E-state index is 13.3. The van der Waals surface area contributed by atoms with E-state index in [1.54, 1.807) is 18.2 Å². The predicted molar refractivity (Wildman–Crippen MR) is 144 cm³/mol. The number of hydrogen-bond donors (Lipinski definition) is 3. The van der Waals surface area contributed by atoms with Crippen molar-refractivity contribution >= 4 is 34.4 Å². The Balaban J connectivity index is 1.28. The zero-order chi connectivity index (χ0) is 25.9. The summed E-state index contributed by atoms with van der Waals surface area (Å²) >= 11 is 0. The molecule has 0 spiro atoms. The number of hydrogen-bond acceptors (Lipinski definition) is 4. The smallest absolute Gasteiger partial charge is 0.323 e. The van der Waals surface area contributed by atoms with E-state index in [-0.39, 0.29) is 18.4 Å². The first kappa shape index (κ1) is 24.3. The second-order valence-electron chi connectivity index (χ2n) is 9.39. The lowest BCUT2D eigenvalue weighted by Gasteiger charge is -2.24. The van der Waals surface area contributed by atoms with Gasteiger partial charge in [0.2, 0.25) is 0 Å². The summed E-state index contributed by atoms with van der Waals surface area (Å²) in [7, 11) is 0. The van der Waals surface area contributed by atoms with Gasteiger partial charge in [-0.3, -0.25) is 9.36 Å². The van der Waals surface area contributed by atoms with Crippen LogP contribution in [0.25, 0.3) is 22.0 Å². The van der Waals surface area contributed by atoms with Gasteiger partial charge in [0.05, 0.1) is 17.2 Å². The van der Waals surface area contributed by atoms with E-state index in [0.717, 1.165) is 16.7 Å². The summed E-state index contributed by atoms with van der Waals surface area (Å²) in [4.78, 5) is 39.9. The quantitative estimate of drug-likeness (QED) is 0.367. The van der Waals surface area contributed by atoms with Crippen LogP contribution >= 0.6 is 0 Å².